The topological polar surface area (TPSA) is 131 Å². The van der Waals surface area contributed by atoms with Gasteiger partial charge in [0.2, 0.25) is 5.95 Å². The number of rotatable bonds is 7. The van der Waals surface area contributed by atoms with Crippen molar-refractivity contribution in [1.29, 1.82) is 0 Å². The number of aromatic nitrogens is 3. The van der Waals surface area contributed by atoms with Crippen molar-refractivity contribution in [3.63, 3.8) is 0 Å². The van der Waals surface area contributed by atoms with Gasteiger partial charge in [-0.15, -0.1) is 0 Å². The molecule has 1 saturated heterocycles. The van der Waals surface area contributed by atoms with Crippen molar-refractivity contribution in [3.05, 3.63) is 53.9 Å². The maximum absolute atomic E-state index is 12.6. The molecule has 0 spiro atoms. The van der Waals surface area contributed by atoms with Crippen molar-refractivity contribution in [2.24, 2.45) is 0 Å². The van der Waals surface area contributed by atoms with Crippen LogP contribution in [0.2, 0.25) is 0 Å². The number of aliphatic hydroxyl groups is 1. The number of hydrogen-bond acceptors (Lipinski definition) is 9. The fourth-order valence-electron chi connectivity index (χ4n) is 4.27. The van der Waals surface area contributed by atoms with Crippen molar-refractivity contribution in [2.75, 3.05) is 44.1 Å². The Morgan fingerprint density at radius 1 is 1.31 bits per heavy atom. The Bertz CT molecular complexity index is 1250. The minimum Gasteiger partial charge on any atom is -0.495 e. The molecule has 2 atom stereocenters. The molecule has 0 saturated carbocycles. The fourth-order valence-corrected chi connectivity index (χ4v) is 4.27. The van der Waals surface area contributed by atoms with Crippen LogP contribution < -0.4 is 20.7 Å². The number of aliphatic hydroxyl groups excluding tert-OH is 1. The summed E-state index contributed by atoms with van der Waals surface area (Å²) in [5.41, 5.74) is 3.23. The van der Waals surface area contributed by atoms with Gasteiger partial charge in [-0.25, -0.2) is 15.0 Å². The summed E-state index contributed by atoms with van der Waals surface area (Å²) >= 11 is 0. The Hall–Kier alpha value is -3.76. The van der Waals surface area contributed by atoms with Crippen molar-refractivity contribution in [3.8, 4) is 17.0 Å². The zero-order valence-electron chi connectivity index (χ0n) is 19.7. The molecule has 3 aromatic rings. The first kappa shape index (κ1) is 23.0. The van der Waals surface area contributed by atoms with Crippen LogP contribution in [0.3, 0.4) is 0 Å². The molecule has 4 N–H and O–H groups in total. The highest BCUT2D eigenvalue weighted by atomic mass is 16.5. The number of fused-ring (bicyclic) bond motifs is 1. The van der Waals surface area contributed by atoms with Gasteiger partial charge in [-0.1, -0.05) is 6.92 Å². The number of methoxy groups -OCH3 is 1. The van der Waals surface area contributed by atoms with Crippen molar-refractivity contribution >= 4 is 23.4 Å². The summed E-state index contributed by atoms with van der Waals surface area (Å²) in [5, 5.41) is 19.3. The van der Waals surface area contributed by atoms with E-state index in [9.17, 15) is 9.90 Å². The zero-order chi connectivity index (χ0) is 24.4. The predicted molar refractivity (Wildman–Crippen MR) is 131 cm³/mol. The second kappa shape index (κ2) is 9.47. The third-order valence-electron chi connectivity index (χ3n) is 6.46. The highest BCUT2D eigenvalue weighted by molar-refractivity contribution is 5.95. The van der Waals surface area contributed by atoms with E-state index in [1.807, 2.05) is 19.1 Å². The lowest BCUT2D eigenvalue weighted by atomic mass is 9.85. The first-order valence-corrected chi connectivity index (χ1v) is 11.5. The van der Waals surface area contributed by atoms with Crippen LogP contribution in [0.25, 0.3) is 11.3 Å². The molecule has 0 aliphatic carbocycles. The summed E-state index contributed by atoms with van der Waals surface area (Å²) in [4.78, 5) is 26.1. The van der Waals surface area contributed by atoms with Crippen LogP contribution in [0, 0.1) is 0 Å². The molecule has 1 aromatic carbocycles. The van der Waals surface area contributed by atoms with E-state index in [0.29, 0.717) is 48.4 Å². The molecule has 1 fully saturated rings. The monoisotopic (exact) mass is 476 g/mol. The van der Waals surface area contributed by atoms with Gasteiger partial charge in [0.1, 0.15) is 11.6 Å². The molecule has 4 heterocycles. The molecule has 2 unspecified atom stereocenters. The van der Waals surface area contributed by atoms with Crippen LogP contribution in [0.1, 0.15) is 29.3 Å². The zero-order valence-corrected chi connectivity index (χ0v) is 19.7. The van der Waals surface area contributed by atoms with E-state index in [1.165, 1.54) is 0 Å². The lowest BCUT2D eigenvalue weighted by molar-refractivity contribution is 0.0929. The Morgan fingerprint density at radius 3 is 2.97 bits per heavy atom. The highest BCUT2D eigenvalue weighted by Crippen LogP contribution is 2.37. The largest absolute Gasteiger partial charge is 0.495 e. The summed E-state index contributed by atoms with van der Waals surface area (Å²) in [6.45, 7) is 3.86. The average molecular weight is 477 g/mol. The molecular formula is C25H28N6O4. The predicted octanol–water partition coefficient (Wildman–Crippen LogP) is 2.48. The van der Waals surface area contributed by atoms with Gasteiger partial charge in [-0.2, -0.15) is 0 Å². The number of hydrogen-bond donors (Lipinski definition) is 4. The number of ether oxygens (including phenoxy) is 2. The smallest absolute Gasteiger partial charge is 0.251 e. The van der Waals surface area contributed by atoms with Gasteiger partial charge in [0.15, 0.2) is 0 Å². The maximum atomic E-state index is 12.6. The third-order valence-corrected chi connectivity index (χ3v) is 6.46. The number of amides is 1. The van der Waals surface area contributed by atoms with Crippen LogP contribution in [-0.2, 0) is 10.2 Å². The summed E-state index contributed by atoms with van der Waals surface area (Å²) in [7, 11) is 1.55. The molecule has 182 valence electrons. The molecule has 10 heteroatoms. The minimum atomic E-state index is -0.390. The number of carbonyl (C=O) groups excluding carboxylic acids is 1. The van der Waals surface area contributed by atoms with Crippen LogP contribution in [0.4, 0.5) is 17.5 Å². The van der Waals surface area contributed by atoms with Gasteiger partial charge in [-0.05, 0) is 36.8 Å². The number of anilines is 3. The molecule has 1 amide bonds. The van der Waals surface area contributed by atoms with Crippen LogP contribution in [-0.4, -0.2) is 65.5 Å². The van der Waals surface area contributed by atoms with Crippen molar-refractivity contribution in [1.82, 2.24) is 20.3 Å². The van der Waals surface area contributed by atoms with Gasteiger partial charge in [0.05, 0.1) is 37.7 Å². The molecule has 2 aliphatic heterocycles. The van der Waals surface area contributed by atoms with E-state index in [0.717, 1.165) is 23.4 Å². The molecule has 5 rings (SSSR count). The molecule has 10 nitrogen and oxygen atoms in total. The Kier molecular flexibility index (Phi) is 6.23. The number of nitrogens with one attached hydrogen (secondary N) is 3. The van der Waals surface area contributed by atoms with Gasteiger partial charge in [0.25, 0.3) is 5.91 Å². The molecule has 35 heavy (non-hydrogen) atoms. The lowest BCUT2D eigenvalue weighted by Gasteiger charge is -2.20. The first-order valence-electron chi connectivity index (χ1n) is 11.5. The number of pyridine rings is 1. The third kappa shape index (κ3) is 4.62. The molecule has 2 aliphatic rings. The van der Waals surface area contributed by atoms with Crippen molar-refractivity contribution in [2.45, 2.75) is 24.8 Å². The van der Waals surface area contributed by atoms with E-state index in [2.05, 4.69) is 30.9 Å². The van der Waals surface area contributed by atoms with E-state index in [1.54, 1.807) is 37.7 Å². The number of carbonyl (C=O) groups is 1. The Balaban J connectivity index is 1.36. The summed E-state index contributed by atoms with van der Waals surface area (Å²) in [6, 6.07) is 9.03. The number of nitrogens with zero attached hydrogens (tertiary/aromatic N) is 3. The number of benzene rings is 1. The SMILES string of the molecule is COc1cc(C(=O)NC2CCOC2)ccc1Nc1nccc(-c2cnc3c(c2)C(C)(CO)CN3)n1. The quantitative estimate of drug-likeness (QED) is 0.406. The van der Waals surface area contributed by atoms with Gasteiger partial charge in [0, 0.05) is 47.7 Å². The Labute approximate surface area is 203 Å². The highest BCUT2D eigenvalue weighted by Gasteiger charge is 2.35. The fraction of sp³-hybridized carbons (Fsp3) is 0.360. The van der Waals surface area contributed by atoms with E-state index in [-0.39, 0.29) is 18.6 Å². The van der Waals surface area contributed by atoms with E-state index < -0.39 is 5.41 Å². The van der Waals surface area contributed by atoms with E-state index in [4.69, 9.17) is 9.47 Å². The summed E-state index contributed by atoms with van der Waals surface area (Å²) in [6.07, 6.45) is 4.23. The van der Waals surface area contributed by atoms with Gasteiger partial charge >= 0.3 is 0 Å². The van der Waals surface area contributed by atoms with Gasteiger partial charge < -0.3 is 30.5 Å². The molecule has 0 bridgehead atoms. The van der Waals surface area contributed by atoms with Crippen molar-refractivity contribution < 1.29 is 19.4 Å². The lowest BCUT2D eigenvalue weighted by Crippen LogP contribution is -2.34. The van der Waals surface area contributed by atoms with Crippen LogP contribution in [0.5, 0.6) is 5.75 Å². The summed E-state index contributed by atoms with van der Waals surface area (Å²) < 4.78 is 10.8. The minimum absolute atomic E-state index is 0.0248. The molecular weight excluding hydrogens is 448 g/mol. The standard InChI is InChI=1S/C25H28N6O4/c1-25(14-32)13-28-22-18(25)9-16(11-27-22)19-5-7-26-24(30-19)31-20-4-3-15(10-21(20)34-2)23(33)29-17-6-8-35-12-17/h3-5,7,9-11,17,32H,6,8,12-14H2,1-2H3,(H,27,28)(H,29,33)(H,26,30,31). The van der Waals surface area contributed by atoms with E-state index >= 15 is 0 Å². The first-order chi connectivity index (χ1) is 17.0. The van der Waals surface area contributed by atoms with Crippen LogP contribution >= 0.6 is 0 Å². The second-order valence-electron chi connectivity index (χ2n) is 9.03. The molecule has 2 aromatic heterocycles. The normalized spacial score (nSPS) is 20.7. The molecule has 0 radical (unpaired) electrons. The summed E-state index contributed by atoms with van der Waals surface area (Å²) in [5.74, 6) is 1.49. The van der Waals surface area contributed by atoms with Gasteiger partial charge in [-0.3, -0.25) is 4.79 Å². The average Bonchev–Trinajstić information content (AvgIpc) is 3.52. The maximum Gasteiger partial charge on any atom is 0.251 e. The Morgan fingerprint density at radius 2 is 2.20 bits per heavy atom. The second-order valence-corrected chi connectivity index (χ2v) is 9.03. The van der Waals surface area contributed by atoms with Crippen LogP contribution in [0.15, 0.2) is 42.7 Å².